The van der Waals surface area contributed by atoms with Gasteiger partial charge in [0.1, 0.15) is 5.76 Å². The predicted octanol–water partition coefficient (Wildman–Crippen LogP) is 2.17. The number of rotatable bonds is 6. The summed E-state index contributed by atoms with van der Waals surface area (Å²) in [5.41, 5.74) is 2.25. The Morgan fingerprint density at radius 1 is 1.14 bits per heavy atom. The maximum atomic E-state index is 5.61. The lowest BCUT2D eigenvalue weighted by atomic mass is 10.2. The van der Waals surface area contributed by atoms with Crippen molar-refractivity contribution in [2.75, 3.05) is 44.7 Å². The SMILES string of the molecule is CN=C(NCc1nc(C)c(C)o1)NCC(C)N1CCN(c2ccccc2)CC1. The molecular weight excluding hydrogens is 352 g/mol. The number of benzene rings is 1. The number of nitrogens with zero attached hydrogens (tertiary/aromatic N) is 4. The van der Waals surface area contributed by atoms with Crippen molar-refractivity contribution in [2.45, 2.75) is 33.4 Å². The van der Waals surface area contributed by atoms with Gasteiger partial charge in [0, 0.05) is 51.5 Å². The van der Waals surface area contributed by atoms with E-state index in [1.54, 1.807) is 7.05 Å². The molecule has 1 fully saturated rings. The van der Waals surface area contributed by atoms with E-state index in [4.69, 9.17) is 4.42 Å². The number of aryl methyl sites for hydroxylation is 2. The third-order valence-electron chi connectivity index (χ3n) is 5.33. The van der Waals surface area contributed by atoms with Gasteiger partial charge >= 0.3 is 0 Å². The van der Waals surface area contributed by atoms with Gasteiger partial charge in [-0.25, -0.2) is 4.98 Å². The first kappa shape index (κ1) is 20.2. The minimum atomic E-state index is 0.433. The smallest absolute Gasteiger partial charge is 0.214 e. The summed E-state index contributed by atoms with van der Waals surface area (Å²) in [6.07, 6.45) is 0. The number of anilines is 1. The van der Waals surface area contributed by atoms with Gasteiger partial charge < -0.3 is 20.0 Å². The Labute approximate surface area is 167 Å². The first-order chi connectivity index (χ1) is 13.6. The van der Waals surface area contributed by atoms with Gasteiger partial charge in [-0.15, -0.1) is 0 Å². The van der Waals surface area contributed by atoms with Crippen molar-refractivity contribution in [3.05, 3.63) is 47.7 Å². The van der Waals surface area contributed by atoms with Crippen molar-refractivity contribution in [3.63, 3.8) is 0 Å². The average Bonchev–Trinajstić information content (AvgIpc) is 3.06. The zero-order valence-corrected chi connectivity index (χ0v) is 17.4. The molecule has 2 heterocycles. The number of hydrogen-bond donors (Lipinski definition) is 2. The van der Waals surface area contributed by atoms with Crippen LogP contribution in [-0.2, 0) is 6.54 Å². The average molecular weight is 385 g/mol. The van der Waals surface area contributed by atoms with E-state index >= 15 is 0 Å². The molecule has 0 radical (unpaired) electrons. The van der Waals surface area contributed by atoms with Crippen LogP contribution in [0.5, 0.6) is 0 Å². The molecule has 1 atom stereocenters. The van der Waals surface area contributed by atoms with Crippen molar-refractivity contribution in [1.29, 1.82) is 0 Å². The summed E-state index contributed by atoms with van der Waals surface area (Å²) in [6.45, 7) is 11.8. The normalized spacial score (nSPS) is 16.9. The van der Waals surface area contributed by atoms with Crippen LogP contribution in [0.3, 0.4) is 0 Å². The molecule has 1 aliphatic heterocycles. The summed E-state index contributed by atoms with van der Waals surface area (Å²) >= 11 is 0. The van der Waals surface area contributed by atoms with Crippen molar-refractivity contribution in [3.8, 4) is 0 Å². The highest BCUT2D eigenvalue weighted by Gasteiger charge is 2.21. The second kappa shape index (κ2) is 9.59. The van der Waals surface area contributed by atoms with Crippen molar-refractivity contribution < 1.29 is 4.42 Å². The number of piperazine rings is 1. The van der Waals surface area contributed by atoms with Crippen molar-refractivity contribution in [2.24, 2.45) is 4.99 Å². The molecule has 7 heteroatoms. The van der Waals surface area contributed by atoms with Crippen LogP contribution >= 0.6 is 0 Å². The maximum absolute atomic E-state index is 5.61. The Morgan fingerprint density at radius 3 is 2.46 bits per heavy atom. The number of oxazole rings is 1. The summed E-state index contributed by atoms with van der Waals surface area (Å²) < 4.78 is 5.61. The van der Waals surface area contributed by atoms with E-state index in [2.05, 4.69) is 67.7 Å². The molecule has 3 rings (SSSR count). The summed E-state index contributed by atoms with van der Waals surface area (Å²) in [6, 6.07) is 11.1. The molecule has 0 bridgehead atoms. The van der Waals surface area contributed by atoms with Crippen molar-refractivity contribution in [1.82, 2.24) is 20.5 Å². The van der Waals surface area contributed by atoms with Crippen molar-refractivity contribution >= 4 is 11.6 Å². The number of nitrogens with one attached hydrogen (secondary N) is 2. The fraction of sp³-hybridized carbons (Fsp3) is 0.524. The maximum Gasteiger partial charge on any atom is 0.214 e. The van der Waals surface area contributed by atoms with Gasteiger partial charge in [-0.1, -0.05) is 18.2 Å². The monoisotopic (exact) mass is 384 g/mol. The van der Waals surface area contributed by atoms with Crippen LogP contribution in [0.4, 0.5) is 5.69 Å². The molecule has 1 saturated heterocycles. The van der Waals surface area contributed by atoms with Gasteiger partial charge in [-0.3, -0.25) is 9.89 Å². The second-order valence-corrected chi connectivity index (χ2v) is 7.26. The van der Waals surface area contributed by atoms with Crippen LogP contribution in [0, 0.1) is 13.8 Å². The minimum Gasteiger partial charge on any atom is -0.444 e. The van der Waals surface area contributed by atoms with E-state index in [1.165, 1.54) is 5.69 Å². The molecule has 1 unspecified atom stereocenters. The van der Waals surface area contributed by atoms with E-state index in [0.717, 1.165) is 50.1 Å². The Hall–Kier alpha value is -2.54. The highest BCUT2D eigenvalue weighted by molar-refractivity contribution is 5.79. The predicted molar refractivity (Wildman–Crippen MR) is 114 cm³/mol. The van der Waals surface area contributed by atoms with Gasteiger partial charge in [0.2, 0.25) is 5.89 Å². The van der Waals surface area contributed by atoms with Crippen LogP contribution in [-0.4, -0.2) is 61.7 Å². The van der Waals surface area contributed by atoms with Crippen LogP contribution in [0.25, 0.3) is 0 Å². The first-order valence-electron chi connectivity index (χ1n) is 9.98. The third kappa shape index (κ3) is 5.25. The largest absolute Gasteiger partial charge is 0.444 e. The van der Waals surface area contributed by atoms with Crippen LogP contribution in [0.15, 0.2) is 39.7 Å². The summed E-state index contributed by atoms with van der Waals surface area (Å²) in [7, 11) is 1.78. The second-order valence-electron chi connectivity index (χ2n) is 7.26. The standard InChI is InChI=1S/C21H32N6O/c1-16(26-10-12-27(13-11-26)19-8-6-5-7-9-19)14-23-21(22-4)24-15-20-25-17(2)18(3)28-20/h5-9,16H,10-15H2,1-4H3,(H2,22,23,24). The Balaban J connectivity index is 1.41. The molecule has 0 spiro atoms. The number of aromatic nitrogens is 1. The van der Waals surface area contributed by atoms with Crippen LogP contribution < -0.4 is 15.5 Å². The highest BCUT2D eigenvalue weighted by atomic mass is 16.4. The summed E-state index contributed by atoms with van der Waals surface area (Å²) in [5.74, 6) is 2.31. The molecule has 152 valence electrons. The Kier molecular flexibility index (Phi) is 6.92. The molecule has 0 saturated carbocycles. The fourth-order valence-electron chi connectivity index (χ4n) is 3.43. The lowest BCUT2D eigenvalue weighted by Gasteiger charge is -2.39. The Bertz CT molecular complexity index is 745. The van der Waals surface area contributed by atoms with Gasteiger partial charge in [-0.05, 0) is 32.9 Å². The van der Waals surface area contributed by atoms with Crippen LogP contribution in [0.1, 0.15) is 24.3 Å². The van der Waals surface area contributed by atoms with Gasteiger partial charge in [-0.2, -0.15) is 0 Å². The zero-order chi connectivity index (χ0) is 19.9. The van der Waals surface area contributed by atoms with E-state index in [0.29, 0.717) is 18.5 Å². The summed E-state index contributed by atoms with van der Waals surface area (Å²) in [5, 5.41) is 6.68. The number of guanidine groups is 1. The third-order valence-corrected chi connectivity index (χ3v) is 5.33. The molecule has 7 nitrogen and oxygen atoms in total. The molecule has 28 heavy (non-hydrogen) atoms. The van der Waals surface area contributed by atoms with E-state index < -0.39 is 0 Å². The molecule has 0 aliphatic carbocycles. The molecular formula is C21H32N6O. The zero-order valence-electron chi connectivity index (χ0n) is 17.4. The summed E-state index contributed by atoms with van der Waals surface area (Å²) in [4.78, 5) is 13.7. The van der Waals surface area contributed by atoms with E-state index in [9.17, 15) is 0 Å². The molecule has 2 N–H and O–H groups in total. The minimum absolute atomic E-state index is 0.433. The first-order valence-corrected chi connectivity index (χ1v) is 9.98. The number of aliphatic imine (C=N–C) groups is 1. The quantitative estimate of drug-likeness (QED) is 0.588. The molecule has 1 aromatic carbocycles. The van der Waals surface area contributed by atoms with Gasteiger partial charge in [0.05, 0.1) is 12.2 Å². The van der Waals surface area contributed by atoms with Gasteiger partial charge in [0.25, 0.3) is 0 Å². The van der Waals surface area contributed by atoms with Gasteiger partial charge in [0.15, 0.2) is 5.96 Å². The fourth-order valence-corrected chi connectivity index (χ4v) is 3.43. The lowest BCUT2D eigenvalue weighted by Crippen LogP contribution is -2.53. The number of hydrogen-bond acceptors (Lipinski definition) is 5. The van der Waals surface area contributed by atoms with E-state index in [-0.39, 0.29) is 0 Å². The highest BCUT2D eigenvalue weighted by Crippen LogP contribution is 2.16. The molecule has 0 amide bonds. The molecule has 1 aliphatic rings. The lowest BCUT2D eigenvalue weighted by molar-refractivity contribution is 0.197. The van der Waals surface area contributed by atoms with E-state index in [1.807, 2.05) is 13.8 Å². The van der Waals surface area contributed by atoms with Crippen LogP contribution in [0.2, 0.25) is 0 Å². The molecule has 1 aromatic heterocycles. The molecule has 2 aromatic rings. The Morgan fingerprint density at radius 2 is 1.86 bits per heavy atom. The number of para-hydroxylation sites is 1. The topological polar surface area (TPSA) is 68.9 Å².